The summed E-state index contributed by atoms with van der Waals surface area (Å²) in [4.78, 5) is 0. The second-order valence-corrected chi connectivity index (χ2v) is 8.13. The molecule has 2 nitrogen and oxygen atoms in total. The number of benzene rings is 3. The Morgan fingerprint density at radius 1 is 0.750 bits per heavy atom. The molecule has 168 valence electrons. The van der Waals surface area contributed by atoms with Crippen molar-refractivity contribution in [3.63, 3.8) is 0 Å². The number of hydrogen-bond donors (Lipinski definition) is 1. The van der Waals surface area contributed by atoms with Crippen LogP contribution in [0.3, 0.4) is 0 Å². The molecule has 0 amide bonds. The fraction of sp³-hybridized carbons (Fsp3) is 0.280. The van der Waals surface area contributed by atoms with Gasteiger partial charge in [0.2, 0.25) is 0 Å². The molecular formula is C25H22F5NO. The van der Waals surface area contributed by atoms with E-state index in [4.69, 9.17) is 10.5 Å². The maximum Gasteiger partial charge on any atom is 0.194 e. The highest BCUT2D eigenvalue weighted by Gasteiger charge is 2.25. The topological polar surface area (TPSA) is 35.2 Å². The van der Waals surface area contributed by atoms with Crippen LogP contribution in [-0.4, -0.2) is 6.04 Å². The van der Waals surface area contributed by atoms with Crippen LogP contribution >= 0.6 is 0 Å². The third-order valence-electron chi connectivity index (χ3n) is 5.95. The number of nitrogens with two attached hydrogens (primary N) is 1. The minimum absolute atomic E-state index is 0.0287. The summed E-state index contributed by atoms with van der Waals surface area (Å²) in [5.74, 6) is -6.14. The maximum atomic E-state index is 14.8. The van der Waals surface area contributed by atoms with E-state index in [-0.39, 0.29) is 29.9 Å². The van der Waals surface area contributed by atoms with E-state index in [1.54, 1.807) is 36.4 Å². The van der Waals surface area contributed by atoms with Gasteiger partial charge in [0.05, 0.1) is 0 Å². The highest BCUT2D eigenvalue weighted by Crippen LogP contribution is 2.36. The van der Waals surface area contributed by atoms with Crippen molar-refractivity contribution in [2.24, 2.45) is 5.73 Å². The zero-order valence-electron chi connectivity index (χ0n) is 17.2. The number of hydrogen-bond acceptors (Lipinski definition) is 2. The van der Waals surface area contributed by atoms with Crippen molar-refractivity contribution in [3.8, 4) is 16.9 Å². The van der Waals surface area contributed by atoms with E-state index >= 15 is 0 Å². The molecule has 0 atom stereocenters. The molecule has 2 N–H and O–H groups in total. The molecule has 32 heavy (non-hydrogen) atoms. The molecule has 0 unspecified atom stereocenters. The zero-order valence-corrected chi connectivity index (χ0v) is 17.2. The lowest BCUT2D eigenvalue weighted by molar-refractivity contribution is 0.299. The van der Waals surface area contributed by atoms with Crippen LogP contribution in [0, 0.1) is 29.1 Å². The van der Waals surface area contributed by atoms with Gasteiger partial charge in [0.15, 0.2) is 29.1 Å². The van der Waals surface area contributed by atoms with Gasteiger partial charge in [0.1, 0.15) is 12.4 Å². The summed E-state index contributed by atoms with van der Waals surface area (Å²) >= 11 is 0. The van der Waals surface area contributed by atoms with Crippen molar-refractivity contribution in [1.82, 2.24) is 0 Å². The van der Waals surface area contributed by atoms with Gasteiger partial charge in [0.25, 0.3) is 0 Å². The molecule has 0 aliphatic heterocycles. The van der Waals surface area contributed by atoms with E-state index in [0.29, 0.717) is 16.7 Å². The molecule has 0 radical (unpaired) electrons. The molecule has 4 rings (SSSR count). The third kappa shape index (κ3) is 4.63. The average molecular weight is 447 g/mol. The number of halogens is 5. The van der Waals surface area contributed by atoms with Crippen LogP contribution in [0.1, 0.15) is 42.7 Å². The zero-order chi connectivity index (χ0) is 22.8. The Kier molecular flexibility index (Phi) is 6.46. The summed E-state index contributed by atoms with van der Waals surface area (Å²) in [6.45, 7) is -0.0373. The van der Waals surface area contributed by atoms with Gasteiger partial charge in [-0.1, -0.05) is 36.4 Å². The Bertz CT molecular complexity index is 1090. The minimum Gasteiger partial charge on any atom is -0.489 e. The second kappa shape index (κ2) is 9.28. The first-order valence-electron chi connectivity index (χ1n) is 10.4. The SMILES string of the molecule is NC1CCC(c2ccc(-c3ccc(COc4cc(F)c(F)c(F)c4)cc3)c(F)c2F)CC1. The maximum absolute atomic E-state index is 14.8. The summed E-state index contributed by atoms with van der Waals surface area (Å²) in [5, 5.41) is 0. The average Bonchev–Trinajstić information content (AvgIpc) is 2.79. The third-order valence-corrected chi connectivity index (χ3v) is 5.95. The lowest BCUT2D eigenvalue weighted by Crippen LogP contribution is -2.26. The highest BCUT2D eigenvalue weighted by molar-refractivity contribution is 5.65. The van der Waals surface area contributed by atoms with Crippen molar-refractivity contribution >= 4 is 0 Å². The number of rotatable bonds is 5. The van der Waals surface area contributed by atoms with Crippen molar-refractivity contribution in [1.29, 1.82) is 0 Å². The van der Waals surface area contributed by atoms with Crippen molar-refractivity contribution in [3.05, 3.63) is 88.7 Å². The summed E-state index contributed by atoms with van der Waals surface area (Å²) in [6, 6.07) is 11.4. The lowest BCUT2D eigenvalue weighted by atomic mass is 9.81. The van der Waals surface area contributed by atoms with Gasteiger partial charge < -0.3 is 10.5 Å². The fourth-order valence-electron chi connectivity index (χ4n) is 4.10. The quantitative estimate of drug-likeness (QED) is 0.353. The molecule has 1 fully saturated rings. The molecule has 1 saturated carbocycles. The normalized spacial score (nSPS) is 18.6. The van der Waals surface area contributed by atoms with E-state index in [9.17, 15) is 22.0 Å². The van der Waals surface area contributed by atoms with Crippen LogP contribution in [0.5, 0.6) is 5.75 Å². The summed E-state index contributed by atoms with van der Waals surface area (Å²) in [5.41, 5.74) is 7.56. The van der Waals surface area contributed by atoms with Gasteiger partial charge in [0, 0.05) is 23.7 Å². The molecule has 3 aromatic carbocycles. The molecule has 1 aliphatic carbocycles. The van der Waals surface area contributed by atoms with Gasteiger partial charge in [-0.05, 0) is 48.3 Å². The molecule has 7 heteroatoms. The Labute approximate surface area is 182 Å². The van der Waals surface area contributed by atoms with Gasteiger partial charge in [-0.2, -0.15) is 0 Å². The molecule has 1 aliphatic rings. The van der Waals surface area contributed by atoms with Crippen LogP contribution in [0.4, 0.5) is 22.0 Å². The number of ether oxygens (including phenoxy) is 1. The van der Waals surface area contributed by atoms with Gasteiger partial charge in [-0.15, -0.1) is 0 Å². The Balaban J connectivity index is 1.47. The molecule has 0 bridgehead atoms. The van der Waals surface area contributed by atoms with Crippen molar-refractivity contribution in [2.45, 2.75) is 44.2 Å². The van der Waals surface area contributed by atoms with E-state index in [0.717, 1.165) is 37.8 Å². The van der Waals surface area contributed by atoms with E-state index in [2.05, 4.69) is 0 Å². The lowest BCUT2D eigenvalue weighted by Gasteiger charge is -2.27. The Morgan fingerprint density at radius 2 is 1.38 bits per heavy atom. The van der Waals surface area contributed by atoms with Crippen LogP contribution < -0.4 is 10.5 Å². The molecule has 0 aromatic heterocycles. The largest absolute Gasteiger partial charge is 0.489 e. The van der Waals surface area contributed by atoms with Crippen LogP contribution in [0.15, 0.2) is 48.5 Å². The molecule has 3 aromatic rings. The highest BCUT2D eigenvalue weighted by atomic mass is 19.2. The van der Waals surface area contributed by atoms with Crippen LogP contribution in [0.25, 0.3) is 11.1 Å². The van der Waals surface area contributed by atoms with Crippen LogP contribution in [-0.2, 0) is 6.61 Å². The first kappa shape index (κ1) is 22.3. The monoisotopic (exact) mass is 447 g/mol. The van der Waals surface area contributed by atoms with Crippen molar-refractivity contribution < 1.29 is 26.7 Å². The summed E-state index contributed by atoms with van der Waals surface area (Å²) < 4.78 is 74.5. The van der Waals surface area contributed by atoms with Crippen molar-refractivity contribution in [2.75, 3.05) is 0 Å². The molecule has 0 spiro atoms. The molecule has 0 saturated heterocycles. The molecule has 0 heterocycles. The Morgan fingerprint density at radius 3 is 2.00 bits per heavy atom. The van der Waals surface area contributed by atoms with E-state index in [1.165, 1.54) is 0 Å². The summed E-state index contributed by atoms with van der Waals surface area (Å²) in [7, 11) is 0. The van der Waals surface area contributed by atoms with E-state index in [1.807, 2.05) is 0 Å². The van der Waals surface area contributed by atoms with E-state index < -0.39 is 29.1 Å². The predicted octanol–water partition coefficient (Wildman–Crippen LogP) is 6.61. The first-order valence-corrected chi connectivity index (χ1v) is 10.4. The second-order valence-electron chi connectivity index (χ2n) is 8.13. The minimum atomic E-state index is -1.56. The van der Waals surface area contributed by atoms with Gasteiger partial charge in [-0.25, -0.2) is 22.0 Å². The Hall–Kier alpha value is -2.93. The predicted molar refractivity (Wildman–Crippen MR) is 112 cm³/mol. The van der Waals surface area contributed by atoms with Gasteiger partial charge in [-0.3, -0.25) is 0 Å². The van der Waals surface area contributed by atoms with Crippen LogP contribution in [0.2, 0.25) is 0 Å². The first-order chi connectivity index (χ1) is 15.3. The molecular weight excluding hydrogens is 425 g/mol. The summed E-state index contributed by atoms with van der Waals surface area (Å²) in [6.07, 6.45) is 3.09. The smallest absolute Gasteiger partial charge is 0.194 e. The standard InChI is InChI=1S/C25H22F5NO/c26-21-11-18(12-22(27)25(21)30)32-13-14-1-3-15(4-2-14)19-9-10-20(24(29)23(19)28)16-5-7-17(31)8-6-16/h1-4,9-12,16-17H,5-8,13,31H2. The fourth-order valence-corrected chi connectivity index (χ4v) is 4.10. The van der Waals surface area contributed by atoms with Gasteiger partial charge >= 0.3 is 0 Å².